The van der Waals surface area contributed by atoms with Crippen LogP contribution in [0.2, 0.25) is 0 Å². The molecule has 2 aromatic rings. The Morgan fingerprint density at radius 3 is 2.32 bits per heavy atom. The standard InChI is InChI=1S/C17H14N2O3/c1-11(16(19)20)22-17(21)15-9-5-4-8-14(15)13-7-3-2-6-12(13)10-18/h2-9,11H,1H3,(H2,19,20)/t11-/m1/s1. The number of carbonyl (C=O) groups excluding carboxylic acids is 2. The number of benzene rings is 2. The maximum Gasteiger partial charge on any atom is 0.339 e. The van der Waals surface area contributed by atoms with Crippen molar-refractivity contribution >= 4 is 11.9 Å². The first-order valence-electron chi connectivity index (χ1n) is 6.63. The topological polar surface area (TPSA) is 93.2 Å². The van der Waals surface area contributed by atoms with Crippen LogP contribution in [0, 0.1) is 11.3 Å². The number of nitrogens with two attached hydrogens (primary N) is 1. The van der Waals surface area contributed by atoms with Gasteiger partial charge in [-0.15, -0.1) is 0 Å². The van der Waals surface area contributed by atoms with Crippen molar-refractivity contribution in [3.8, 4) is 17.2 Å². The zero-order chi connectivity index (χ0) is 16.1. The lowest BCUT2D eigenvalue weighted by atomic mass is 9.96. The van der Waals surface area contributed by atoms with Crippen LogP contribution in [0.4, 0.5) is 0 Å². The molecule has 0 radical (unpaired) electrons. The van der Waals surface area contributed by atoms with Gasteiger partial charge in [0.15, 0.2) is 6.10 Å². The van der Waals surface area contributed by atoms with E-state index < -0.39 is 18.0 Å². The van der Waals surface area contributed by atoms with Crippen molar-refractivity contribution in [3.63, 3.8) is 0 Å². The van der Waals surface area contributed by atoms with Gasteiger partial charge in [0.25, 0.3) is 5.91 Å². The van der Waals surface area contributed by atoms with Crippen LogP contribution in [0.1, 0.15) is 22.8 Å². The summed E-state index contributed by atoms with van der Waals surface area (Å²) in [6.07, 6.45) is -1.02. The molecule has 0 heterocycles. The summed E-state index contributed by atoms with van der Waals surface area (Å²) in [6.45, 7) is 1.41. The summed E-state index contributed by atoms with van der Waals surface area (Å²) in [7, 11) is 0. The molecule has 0 fully saturated rings. The second kappa shape index (κ2) is 6.55. The van der Waals surface area contributed by atoms with Gasteiger partial charge in [-0.05, 0) is 24.6 Å². The largest absolute Gasteiger partial charge is 0.449 e. The second-order valence-corrected chi connectivity index (χ2v) is 4.65. The van der Waals surface area contributed by atoms with Crippen molar-refractivity contribution in [1.29, 1.82) is 5.26 Å². The third kappa shape index (κ3) is 3.13. The smallest absolute Gasteiger partial charge is 0.339 e. The van der Waals surface area contributed by atoms with Gasteiger partial charge in [-0.1, -0.05) is 36.4 Å². The lowest BCUT2D eigenvalue weighted by Crippen LogP contribution is -2.30. The molecule has 22 heavy (non-hydrogen) atoms. The number of hydrogen-bond donors (Lipinski definition) is 1. The van der Waals surface area contributed by atoms with E-state index in [9.17, 15) is 14.9 Å². The van der Waals surface area contributed by atoms with Gasteiger partial charge >= 0.3 is 5.97 Å². The molecule has 0 saturated heterocycles. The van der Waals surface area contributed by atoms with Gasteiger partial charge in [0.05, 0.1) is 17.2 Å². The van der Waals surface area contributed by atoms with Crippen LogP contribution in [0.25, 0.3) is 11.1 Å². The number of amides is 1. The molecule has 0 spiro atoms. The molecule has 0 aromatic heterocycles. The van der Waals surface area contributed by atoms with Crippen molar-refractivity contribution in [1.82, 2.24) is 0 Å². The molecule has 0 aliphatic carbocycles. The number of nitriles is 1. The number of nitrogens with zero attached hydrogens (tertiary/aromatic N) is 1. The number of esters is 1. The number of ether oxygens (including phenoxy) is 1. The van der Waals surface area contributed by atoms with Gasteiger partial charge in [-0.2, -0.15) is 5.26 Å². The highest BCUT2D eigenvalue weighted by atomic mass is 16.5. The van der Waals surface area contributed by atoms with Crippen LogP contribution in [0.3, 0.4) is 0 Å². The Kier molecular flexibility index (Phi) is 4.54. The van der Waals surface area contributed by atoms with E-state index in [4.69, 9.17) is 10.5 Å². The van der Waals surface area contributed by atoms with E-state index in [0.29, 0.717) is 16.7 Å². The zero-order valence-electron chi connectivity index (χ0n) is 11.9. The Morgan fingerprint density at radius 1 is 1.09 bits per heavy atom. The molecule has 5 nitrogen and oxygen atoms in total. The van der Waals surface area contributed by atoms with Crippen molar-refractivity contribution in [3.05, 3.63) is 59.7 Å². The second-order valence-electron chi connectivity index (χ2n) is 4.65. The number of primary amides is 1. The lowest BCUT2D eigenvalue weighted by molar-refractivity contribution is -0.125. The monoisotopic (exact) mass is 294 g/mol. The molecule has 0 saturated carbocycles. The molecular formula is C17H14N2O3. The fourth-order valence-corrected chi connectivity index (χ4v) is 1.99. The highest BCUT2D eigenvalue weighted by Gasteiger charge is 2.20. The molecule has 0 aliphatic heterocycles. The summed E-state index contributed by atoms with van der Waals surface area (Å²) in [6, 6.07) is 15.8. The SMILES string of the molecule is C[C@@H](OC(=O)c1ccccc1-c1ccccc1C#N)C(N)=O. The van der Waals surface area contributed by atoms with Gasteiger partial charge < -0.3 is 10.5 Å². The Hall–Kier alpha value is -3.13. The van der Waals surface area contributed by atoms with Gasteiger partial charge in [-0.25, -0.2) is 4.79 Å². The Labute approximate surface area is 127 Å². The minimum Gasteiger partial charge on any atom is -0.449 e. The maximum absolute atomic E-state index is 12.2. The predicted octanol–water partition coefficient (Wildman–Crippen LogP) is 2.26. The quantitative estimate of drug-likeness (QED) is 0.875. The predicted molar refractivity (Wildman–Crippen MR) is 80.7 cm³/mol. The van der Waals surface area contributed by atoms with E-state index in [1.807, 2.05) is 0 Å². The van der Waals surface area contributed by atoms with Crippen LogP contribution < -0.4 is 5.73 Å². The van der Waals surface area contributed by atoms with Gasteiger partial charge in [0.1, 0.15) is 0 Å². The zero-order valence-corrected chi connectivity index (χ0v) is 11.9. The molecular weight excluding hydrogens is 280 g/mol. The van der Waals surface area contributed by atoms with Gasteiger partial charge in [-0.3, -0.25) is 4.79 Å². The van der Waals surface area contributed by atoms with E-state index in [1.165, 1.54) is 6.92 Å². The van der Waals surface area contributed by atoms with E-state index in [2.05, 4.69) is 6.07 Å². The molecule has 2 aromatic carbocycles. The van der Waals surface area contributed by atoms with E-state index in [-0.39, 0.29) is 5.56 Å². The Morgan fingerprint density at radius 2 is 1.68 bits per heavy atom. The number of rotatable bonds is 4. The first-order valence-corrected chi connectivity index (χ1v) is 6.63. The Bertz CT molecular complexity index is 762. The molecule has 5 heteroatoms. The summed E-state index contributed by atoms with van der Waals surface area (Å²) in [5.41, 5.74) is 7.02. The molecule has 1 amide bonds. The van der Waals surface area contributed by atoms with Crippen LogP contribution >= 0.6 is 0 Å². The minimum atomic E-state index is -1.02. The van der Waals surface area contributed by atoms with Crippen LogP contribution in [0.15, 0.2) is 48.5 Å². The van der Waals surface area contributed by atoms with Crippen molar-refractivity contribution in [2.75, 3.05) is 0 Å². The number of hydrogen-bond acceptors (Lipinski definition) is 4. The molecule has 2 rings (SSSR count). The van der Waals surface area contributed by atoms with E-state index >= 15 is 0 Å². The molecule has 2 N–H and O–H groups in total. The fourth-order valence-electron chi connectivity index (χ4n) is 1.99. The van der Waals surface area contributed by atoms with E-state index in [0.717, 1.165) is 0 Å². The minimum absolute atomic E-state index is 0.276. The van der Waals surface area contributed by atoms with Gasteiger partial charge in [0, 0.05) is 5.56 Å². The average Bonchev–Trinajstić information content (AvgIpc) is 2.54. The molecule has 0 unspecified atom stereocenters. The van der Waals surface area contributed by atoms with Crippen LogP contribution in [-0.4, -0.2) is 18.0 Å². The third-order valence-electron chi connectivity index (χ3n) is 3.17. The fraction of sp³-hybridized carbons (Fsp3) is 0.118. The molecule has 0 bridgehead atoms. The van der Waals surface area contributed by atoms with Crippen molar-refractivity contribution in [2.24, 2.45) is 5.73 Å². The van der Waals surface area contributed by atoms with Crippen LogP contribution in [-0.2, 0) is 9.53 Å². The first kappa shape index (κ1) is 15.3. The normalized spacial score (nSPS) is 11.3. The lowest BCUT2D eigenvalue weighted by Gasteiger charge is -2.13. The van der Waals surface area contributed by atoms with E-state index in [1.54, 1.807) is 48.5 Å². The maximum atomic E-state index is 12.2. The molecule has 0 aliphatic rings. The summed E-state index contributed by atoms with van der Waals surface area (Å²) in [4.78, 5) is 23.3. The third-order valence-corrected chi connectivity index (χ3v) is 3.17. The molecule has 1 atom stereocenters. The first-order chi connectivity index (χ1) is 10.5. The molecule has 110 valence electrons. The van der Waals surface area contributed by atoms with Crippen molar-refractivity contribution < 1.29 is 14.3 Å². The summed E-state index contributed by atoms with van der Waals surface area (Å²) < 4.78 is 5.04. The number of carbonyl (C=O) groups is 2. The Balaban J connectivity index is 2.46. The van der Waals surface area contributed by atoms with Crippen molar-refractivity contribution in [2.45, 2.75) is 13.0 Å². The highest BCUT2D eigenvalue weighted by Crippen LogP contribution is 2.27. The summed E-state index contributed by atoms with van der Waals surface area (Å²) in [5, 5.41) is 9.20. The average molecular weight is 294 g/mol. The summed E-state index contributed by atoms with van der Waals surface area (Å²) >= 11 is 0. The highest BCUT2D eigenvalue weighted by molar-refractivity contribution is 5.99. The summed E-state index contributed by atoms with van der Waals surface area (Å²) in [5.74, 6) is -1.38. The van der Waals surface area contributed by atoms with Crippen LogP contribution in [0.5, 0.6) is 0 Å². The van der Waals surface area contributed by atoms with Gasteiger partial charge in [0.2, 0.25) is 0 Å².